The maximum absolute atomic E-state index is 13.1. The molecular weight excluding hydrogens is 473 g/mol. The number of carbonyl (C=O) groups excluding carboxylic acids is 2. The van der Waals surface area contributed by atoms with Crippen LogP contribution in [0.3, 0.4) is 0 Å². The van der Waals surface area contributed by atoms with E-state index >= 15 is 0 Å². The smallest absolute Gasteiger partial charge is 0.253 e. The normalized spacial score (nSPS) is 13.1. The van der Waals surface area contributed by atoms with E-state index in [1.807, 2.05) is 36.5 Å². The summed E-state index contributed by atoms with van der Waals surface area (Å²) in [6.07, 6.45) is 3.19. The van der Waals surface area contributed by atoms with Crippen molar-refractivity contribution in [2.45, 2.75) is 31.6 Å². The first-order chi connectivity index (χ1) is 17.7. The molecule has 1 saturated carbocycles. The highest BCUT2D eigenvalue weighted by atomic mass is 16.5. The molecule has 1 aliphatic rings. The molecule has 0 unspecified atom stereocenters. The Morgan fingerprint density at radius 3 is 2.68 bits per heavy atom. The summed E-state index contributed by atoms with van der Waals surface area (Å²) in [5.74, 6) is 1.12. The van der Waals surface area contributed by atoms with Crippen molar-refractivity contribution in [1.82, 2.24) is 20.4 Å². The zero-order valence-corrected chi connectivity index (χ0v) is 21.7. The summed E-state index contributed by atoms with van der Waals surface area (Å²) in [6.45, 7) is 2.62. The molecule has 1 fully saturated rings. The molecule has 11 nitrogen and oxygen atoms in total. The molecule has 0 aliphatic heterocycles. The number of aromatic nitrogens is 3. The predicted octanol–water partition coefficient (Wildman–Crippen LogP) is 0.00920. The summed E-state index contributed by atoms with van der Waals surface area (Å²) in [4.78, 5) is 34.1. The van der Waals surface area contributed by atoms with Gasteiger partial charge >= 0.3 is 0 Å². The van der Waals surface area contributed by atoms with E-state index in [0.717, 1.165) is 12.8 Å². The number of amides is 2. The number of benzene rings is 1. The Labute approximate surface area is 217 Å². The van der Waals surface area contributed by atoms with Crippen LogP contribution >= 0.6 is 0 Å². The molecule has 3 aromatic rings. The SMILES string of the molecule is BC(B)(B)NC(=O)c1cnc(NC(=O)C2CC2)cc1Nc1cccc(-c2noc(COCC)n2)c1OC. The maximum atomic E-state index is 13.1. The monoisotopic (exact) mass is 502 g/mol. The Balaban J connectivity index is 1.69. The lowest BCUT2D eigenvalue weighted by molar-refractivity contribution is -0.117. The van der Waals surface area contributed by atoms with E-state index in [1.165, 1.54) is 13.3 Å². The van der Waals surface area contributed by atoms with Crippen molar-refractivity contribution in [2.75, 3.05) is 24.4 Å². The van der Waals surface area contributed by atoms with Crippen LogP contribution in [0.4, 0.5) is 17.2 Å². The van der Waals surface area contributed by atoms with Crippen molar-refractivity contribution in [3.8, 4) is 17.1 Å². The Morgan fingerprint density at radius 2 is 2.00 bits per heavy atom. The minimum atomic E-state index is -0.456. The third kappa shape index (κ3) is 6.70. The summed E-state index contributed by atoms with van der Waals surface area (Å²) in [6, 6.07) is 7.06. The summed E-state index contributed by atoms with van der Waals surface area (Å²) in [5, 5.41) is 12.7. The number of hydrogen-bond donors (Lipinski definition) is 3. The van der Waals surface area contributed by atoms with Crippen LogP contribution in [-0.4, -0.2) is 69.4 Å². The predicted molar refractivity (Wildman–Crippen MR) is 146 cm³/mol. The van der Waals surface area contributed by atoms with E-state index in [0.29, 0.717) is 52.4 Å². The van der Waals surface area contributed by atoms with Gasteiger partial charge in [-0.15, -0.1) is 0 Å². The molecule has 3 N–H and O–H groups in total. The zero-order chi connectivity index (χ0) is 26.6. The van der Waals surface area contributed by atoms with Gasteiger partial charge < -0.3 is 29.9 Å². The van der Waals surface area contributed by atoms with Gasteiger partial charge in [0, 0.05) is 24.8 Å². The highest BCUT2D eigenvalue weighted by Crippen LogP contribution is 2.38. The van der Waals surface area contributed by atoms with Crippen LogP contribution in [0.15, 0.2) is 35.0 Å². The van der Waals surface area contributed by atoms with Crippen LogP contribution in [0.2, 0.25) is 0 Å². The van der Waals surface area contributed by atoms with E-state index in [4.69, 9.17) is 14.0 Å². The van der Waals surface area contributed by atoms with Crippen molar-refractivity contribution in [3.63, 3.8) is 0 Å². The third-order valence-corrected chi connectivity index (χ3v) is 5.46. The second kappa shape index (κ2) is 11.1. The second-order valence-electron chi connectivity index (χ2n) is 9.74. The number of pyridine rings is 1. The van der Waals surface area contributed by atoms with Crippen molar-refractivity contribution >= 4 is 52.5 Å². The summed E-state index contributed by atoms with van der Waals surface area (Å²) >= 11 is 0. The van der Waals surface area contributed by atoms with Crippen LogP contribution in [0.5, 0.6) is 5.75 Å². The van der Waals surface area contributed by atoms with E-state index in [1.54, 1.807) is 18.2 Å². The molecule has 0 saturated heterocycles. The number of anilines is 3. The van der Waals surface area contributed by atoms with Gasteiger partial charge in [-0.2, -0.15) is 4.98 Å². The van der Waals surface area contributed by atoms with Gasteiger partial charge in [0.15, 0.2) is 5.75 Å². The van der Waals surface area contributed by atoms with Crippen molar-refractivity contribution in [2.24, 2.45) is 5.92 Å². The minimum Gasteiger partial charge on any atom is -0.494 e. The van der Waals surface area contributed by atoms with Gasteiger partial charge in [0.25, 0.3) is 11.8 Å². The van der Waals surface area contributed by atoms with Gasteiger partial charge in [-0.25, -0.2) is 4.98 Å². The van der Waals surface area contributed by atoms with Crippen LogP contribution in [-0.2, 0) is 16.1 Å². The Kier molecular flexibility index (Phi) is 7.87. The molecule has 0 radical (unpaired) electrons. The van der Waals surface area contributed by atoms with E-state index < -0.39 is 5.24 Å². The number of nitrogens with one attached hydrogen (secondary N) is 3. The van der Waals surface area contributed by atoms with Gasteiger partial charge in [-0.05, 0) is 37.1 Å². The molecule has 37 heavy (non-hydrogen) atoms. The Hall–Kier alpha value is -3.80. The first-order valence-electron chi connectivity index (χ1n) is 12.2. The molecule has 2 amide bonds. The van der Waals surface area contributed by atoms with Crippen LogP contribution in [0.1, 0.15) is 36.0 Å². The van der Waals surface area contributed by atoms with Gasteiger partial charge in [-0.1, -0.05) is 11.2 Å². The Bertz CT molecular complexity index is 1290. The van der Waals surface area contributed by atoms with E-state index in [-0.39, 0.29) is 24.3 Å². The van der Waals surface area contributed by atoms with Gasteiger partial charge in [0.05, 0.1) is 29.6 Å². The maximum Gasteiger partial charge on any atom is 0.253 e. The standard InChI is InChI=1S/C23H29B3N6O5/c1-3-36-11-18-30-20(32-37-18)13-5-4-6-15(19(13)35-2)28-16-9-17(29-21(33)12-7-8-12)27-10-14(16)22(34)31-23(24,25)26/h4-6,9-10,12H,3,7-8,11,24-26H2,1-2H3,(H,31,34)(H2,27,28,29,33). The number of rotatable bonds is 11. The van der Waals surface area contributed by atoms with Gasteiger partial charge in [0.2, 0.25) is 11.7 Å². The number of carbonyl (C=O) groups is 2. The molecular formula is C23H29B3N6O5. The lowest BCUT2D eigenvalue weighted by Crippen LogP contribution is -2.50. The molecule has 0 bridgehead atoms. The average molecular weight is 502 g/mol. The van der Waals surface area contributed by atoms with E-state index in [2.05, 4.69) is 31.1 Å². The average Bonchev–Trinajstić information content (AvgIpc) is 3.60. The summed E-state index contributed by atoms with van der Waals surface area (Å²) < 4.78 is 16.3. The van der Waals surface area contributed by atoms with E-state index in [9.17, 15) is 9.59 Å². The molecule has 1 aliphatic carbocycles. The molecule has 2 aromatic heterocycles. The molecule has 1 aromatic carbocycles. The lowest BCUT2D eigenvalue weighted by Gasteiger charge is -2.22. The number of ether oxygens (including phenoxy) is 2. The van der Waals surface area contributed by atoms with Crippen molar-refractivity contribution < 1.29 is 23.6 Å². The number of hydrogen-bond acceptors (Lipinski definition) is 9. The highest BCUT2D eigenvalue weighted by Gasteiger charge is 2.30. The van der Waals surface area contributed by atoms with Crippen LogP contribution < -0.4 is 20.7 Å². The van der Waals surface area contributed by atoms with Crippen LogP contribution in [0.25, 0.3) is 11.4 Å². The summed E-state index contributed by atoms with van der Waals surface area (Å²) in [5.41, 5.74) is 1.91. The fourth-order valence-electron chi connectivity index (χ4n) is 3.58. The number of nitrogens with zero attached hydrogens (tertiary/aromatic N) is 3. The summed E-state index contributed by atoms with van der Waals surface area (Å²) in [7, 11) is 7.22. The molecule has 4 rings (SSSR count). The van der Waals surface area contributed by atoms with Crippen molar-refractivity contribution in [3.05, 3.63) is 41.9 Å². The van der Waals surface area contributed by atoms with Crippen LogP contribution in [0, 0.1) is 5.92 Å². The molecule has 2 heterocycles. The highest BCUT2D eigenvalue weighted by molar-refractivity contribution is 6.60. The minimum absolute atomic E-state index is 0.0152. The molecule has 14 heteroatoms. The first kappa shape index (κ1) is 26.3. The van der Waals surface area contributed by atoms with Gasteiger partial charge in [0.1, 0.15) is 36.0 Å². The number of para-hydroxylation sites is 1. The second-order valence-corrected chi connectivity index (χ2v) is 9.74. The largest absolute Gasteiger partial charge is 0.494 e. The molecule has 190 valence electrons. The topological polar surface area (TPSA) is 140 Å². The fraction of sp³-hybridized carbons (Fsp3) is 0.348. The fourth-order valence-corrected chi connectivity index (χ4v) is 3.58. The van der Waals surface area contributed by atoms with Gasteiger partial charge in [-0.3, -0.25) is 9.59 Å². The quantitative estimate of drug-likeness (QED) is 0.310. The number of methoxy groups -OCH3 is 1. The third-order valence-electron chi connectivity index (χ3n) is 5.46. The molecule has 0 spiro atoms. The molecule has 0 atom stereocenters. The zero-order valence-electron chi connectivity index (χ0n) is 21.7. The lowest BCUT2D eigenvalue weighted by atomic mass is 9.49. The van der Waals surface area contributed by atoms with Crippen molar-refractivity contribution in [1.29, 1.82) is 0 Å². The first-order valence-corrected chi connectivity index (χ1v) is 12.2. The Morgan fingerprint density at radius 1 is 1.22 bits per heavy atom.